The smallest absolute Gasteiger partial charge is 0.289 e. The van der Waals surface area contributed by atoms with Crippen molar-refractivity contribution >= 4 is 23.2 Å². The van der Waals surface area contributed by atoms with Gasteiger partial charge in [-0.2, -0.15) is 0 Å². The molecule has 1 fully saturated rings. The Labute approximate surface area is 198 Å². The third kappa shape index (κ3) is 4.35. The van der Waals surface area contributed by atoms with Crippen LogP contribution in [0, 0.1) is 6.92 Å². The van der Waals surface area contributed by atoms with E-state index in [9.17, 15) is 9.59 Å². The van der Waals surface area contributed by atoms with Crippen molar-refractivity contribution in [2.24, 2.45) is 0 Å². The number of nitrogens with zero attached hydrogens (tertiary/aromatic N) is 3. The third-order valence-electron chi connectivity index (χ3n) is 6.77. The number of benzene rings is 1. The maximum absolute atomic E-state index is 13.4. The van der Waals surface area contributed by atoms with Crippen LogP contribution in [0.4, 0.5) is 0 Å². The van der Waals surface area contributed by atoms with E-state index in [1.165, 1.54) is 27.8 Å². The Morgan fingerprint density at radius 2 is 1.91 bits per heavy atom. The minimum absolute atomic E-state index is 0.0574. The Morgan fingerprint density at radius 1 is 1.09 bits per heavy atom. The molecule has 33 heavy (non-hydrogen) atoms. The predicted octanol–water partition coefficient (Wildman–Crippen LogP) is 3.97. The summed E-state index contributed by atoms with van der Waals surface area (Å²) in [5.74, 6) is 0.366. The third-order valence-corrected chi connectivity index (χ3v) is 7.77. The number of carbonyl (C=O) groups excluding carboxylic acids is 2. The summed E-state index contributed by atoms with van der Waals surface area (Å²) in [6.45, 7) is 6.94. The van der Waals surface area contributed by atoms with Gasteiger partial charge in [-0.25, -0.2) is 0 Å². The molecule has 0 bridgehead atoms. The SMILES string of the molecule is Cc1ccc([C@H]2c3ccsc3CCN2CC(=O)N2CCN(C(=O)c3ccco3)[C@H](C)C2)cc1. The Kier molecular flexibility index (Phi) is 6.08. The number of furan rings is 1. The summed E-state index contributed by atoms with van der Waals surface area (Å²) in [5.41, 5.74) is 3.79. The fourth-order valence-corrected chi connectivity index (χ4v) is 5.88. The van der Waals surface area contributed by atoms with Gasteiger partial charge in [0.2, 0.25) is 5.91 Å². The highest BCUT2D eigenvalue weighted by molar-refractivity contribution is 7.10. The van der Waals surface area contributed by atoms with Crippen molar-refractivity contribution in [1.29, 1.82) is 0 Å². The Hall–Kier alpha value is -2.90. The zero-order valence-corrected chi connectivity index (χ0v) is 19.9. The van der Waals surface area contributed by atoms with Crippen molar-refractivity contribution in [3.63, 3.8) is 0 Å². The number of hydrogen-bond donors (Lipinski definition) is 0. The number of fused-ring (bicyclic) bond motifs is 1. The molecule has 2 aliphatic rings. The summed E-state index contributed by atoms with van der Waals surface area (Å²) in [4.78, 5) is 33.5. The van der Waals surface area contributed by atoms with Gasteiger partial charge in [-0.3, -0.25) is 14.5 Å². The topological polar surface area (TPSA) is 57.0 Å². The van der Waals surface area contributed by atoms with Crippen LogP contribution in [-0.4, -0.2) is 65.3 Å². The van der Waals surface area contributed by atoms with Gasteiger partial charge in [0.1, 0.15) is 0 Å². The Morgan fingerprint density at radius 3 is 2.64 bits per heavy atom. The van der Waals surface area contributed by atoms with Crippen molar-refractivity contribution in [2.75, 3.05) is 32.7 Å². The first-order valence-electron chi connectivity index (χ1n) is 11.5. The number of thiophene rings is 1. The summed E-state index contributed by atoms with van der Waals surface area (Å²) in [6.07, 6.45) is 2.49. The van der Waals surface area contributed by atoms with Gasteiger partial charge in [0.15, 0.2) is 5.76 Å². The minimum Gasteiger partial charge on any atom is -0.459 e. The van der Waals surface area contributed by atoms with Crippen LogP contribution in [0.5, 0.6) is 0 Å². The normalized spacial score (nSPS) is 21.2. The van der Waals surface area contributed by atoms with Crippen molar-refractivity contribution in [1.82, 2.24) is 14.7 Å². The standard InChI is InChI=1S/C26H29N3O3S/c1-18-5-7-20(8-6-18)25-21-10-15-33-23(21)9-11-28(25)17-24(30)27-12-13-29(19(2)16-27)26(31)22-4-3-14-32-22/h3-8,10,14-15,19,25H,9,11-13,16-17H2,1-2H3/t19-,25+/m1/s1. The molecule has 0 spiro atoms. The molecule has 0 aliphatic carbocycles. The molecule has 2 aliphatic heterocycles. The van der Waals surface area contributed by atoms with Gasteiger partial charge < -0.3 is 14.2 Å². The maximum atomic E-state index is 13.4. The lowest BCUT2D eigenvalue weighted by atomic mass is 9.92. The summed E-state index contributed by atoms with van der Waals surface area (Å²) in [7, 11) is 0. The first-order valence-corrected chi connectivity index (χ1v) is 12.4. The van der Waals surface area contributed by atoms with Crippen LogP contribution in [0.3, 0.4) is 0 Å². The van der Waals surface area contributed by atoms with E-state index in [-0.39, 0.29) is 23.9 Å². The zero-order chi connectivity index (χ0) is 22.9. The number of carbonyl (C=O) groups is 2. The highest BCUT2D eigenvalue weighted by Crippen LogP contribution is 2.37. The van der Waals surface area contributed by atoms with Crippen LogP contribution < -0.4 is 0 Å². The molecular weight excluding hydrogens is 434 g/mol. The summed E-state index contributed by atoms with van der Waals surface area (Å²) >= 11 is 1.81. The average Bonchev–Trinajstić information content (AvgIpc) is 3.51. The second-order valence-electron chi connectivity index (χ2n) is 9.00. The molecule has 2 amide bonds. The summed E-state index contributed by atoms with van der Waals surface area (Å²) in [6, 6.07) is 14.3. The van der Waals surface area contributed by atoms with Gasteiger partial charge in [-0.1, -0.05) is 29.8 Å². The van der Waals surface area contributed by atoms with Gasteiger partial charge in [-0.15, -0.1) is 11.3 Å². The molecule has 2 aromatic heterocycles. The summed E-state index contributed by atoms with van der Waals surface area (Å²) < 4.78 is 5.28. The van der Waals surface area contributed by atoms with Crippen LogP contribution in [0.1, 0.15) is 45.1 Å². The fourth-order valence-electron chi connectivity index (χ4n) is 4.98. The predicted molar refractivity (Wildman–Crippen MR) is 128 cm³/mol. The number of aryl methyl sites for hydroxylation is 1. The summed E-state index contributed by atoms with van der Waals surface area (Å²) in [5, 5.41) is 2.16. The van der Waals surface area contributed by atoms with E-state index >= 15 is 0 Å². The van der Waals surface area contributed by atoms with E-state index in [4.69, 9.17) is 4.42 Å². The van der Waals surface area contributed by atoms with Gasteiger partial charge in [-0.05, 0) is 55.0 Å². The van der Waals surface area contributed by atoms with Crippen molar-refractivity contribution in [3.8, 4) is 0 Å². The first kappa shape index (κ1) is 21.9. The minimum atomic E-state index is -0.111. The highest BCUT2D eigenvalue weighted by atomic mass is 32.1. The molecule has 6 nitrogen and oxygen atoms in total. The van der Waals surface area contributed by atoms with Crippen molar-refractivity contribution in [2.45, 2.75) is 32.4 Å². The number of hydrogen-bond acceptors (Lipinski definition) is 5. The van der Waals surface area contributed by atoms with Gasteiger partial charge in [0.25, 0.3) is 5.91 Å². The van der Waals surface area contributed by atoms with Gasteiger partial charge >= 0.3 is 0 Å². The lowest BCUT2D eigenvalue weighted by Gasteiger charge is -2.41. The molecule has 3 aromatic rings. The van der Waals surface area contributed by atoms with E-state index < -0.39 is 0 Å². The molecule has 4 heterocycles. The molecule has 0 saturated carbocycles. The molecule has 7 heteroatoms. The van der Waals surface area contributed by atoms with E-state index in [1.807, 2.05) is 23.2 Å². The van der Waals surface area contributed by atoms with E-state index in [1.54, 1.807) is 17.0 Å². The molecule has 2 atom stereocenters. The van der Waals surface area contributed by atoms with Gasteiger partial charge in [0.05, 0.1) is 18.8 Å². The molecular formula is C26H29N3O3S. The molecule has 1 aromatic carbocycles. The van der Waals surface area contributed by atoms with E-state index in [0.717, 1.165) is 13.0 Å². The molecule has 1 saturated heterocycles. The average molecular weight is 464 g/mol. The van der Waals surface area contributed by atoms with E-state index in [0.29, 0.717) is 31.9 Å². The Bertz CT molecular complexity index is 1120. The number of rotatable bonds is 4. The van der Waals surface area contributed by atoms with Crippen LogP contribution in [0.2, 0.25) is 0 Å². The maximum Gasteiger partial charge on any atom is 0.289 e. The van der Waals surface area contributed by atoms with Crippen LogP contribution in [-0.2, 0) is 11.2 Å². The second-order valence-corrected chi connectivity index (χ2v) is 10.00. The molecule has 172 valence electrons. The lowest BCUT2D eigenvalue weighted by molar-refractivity contribution is -0.135. The largest absolute Gasteiger partial charge is 0.459 e. The molecule has 5 rings (SSSR count). The number of piperazine rings is 1. The zero-order valence-electron chi connectivity index (χ0n) is 19.1. The van der Waals surface area contributed by atoms with Crippen molar-refractivity contribution in [3.05, 3.63) is 81.4 Å². The second kappa shape index (κ2) is 9.15. The fraction of sp³-hybridized carbons (Fsp3) is 0.385. The van der Waals surface area contributed by atoms with Crippen LogP contribution >= 0.6 is 11.3 Å². The van der Waals surface area contributed by atoms with Crippen LogP contribution in [0.15, 0.2) is 58.5 Å². The first-order chi connectivity index (χ1) is 16.0. The quantitative estimate of drug-likeness (QED) is 0.588. The highest BCUT2D eigenvalue weighted by Gasteiger charge is 2.35. The molecule has 0 N–H and O–H groups in total. The van der Waals surface area contributed by atoms with Crippen molar-refractivity contribution < 1.29 is 14.0 Å². The van der Waals surface area contributed by atoms with E-state index in [2.05, 4.69) is 47.5 Å². The lowest BCUT2D eigenvalue weighted by Crippen LogP contribution is -2.57. The van der Waals surface area contributed by atoms with Crippen LogP contribution in [0.25, 0.3) is 0 Å². The van der Waals surface area contributed by atoms with Gasteiger partial charge in [0, 0.05) is 37.1 Å². The number of amides is 2. The Balaban J connectivity index is 1.29. The molecule has 0 unspecified atom stereocenters. The molecule has 0 radical (unpaired) electrons. The monoisotopic (exact) mass is 463 g/mol.